The highest BCUT2D eigenvalue weighted by molar-refractivity contribution is 5.91. The molecule has 0 aromatic heterocycles. The van der Waals surface area contributed by atoms with Gasteiger partial charge >= 0.3 is 6.18 Å². The monoisotopic (exact) mass is 269 g/mol. The summed E-state index contributed by atoms with van der Waals surface area (Å²) in [7, 11) is 1.52. The van der Waals surface area contributed by atoms with Crippen LogP contribution in [0.15, 0.2) is 36.4 Å². The van der Waals surface area contributed by atoms with Gasteiger partial charge in [0.2, 0.25) is 0 Å². The highest BCUT2D eigenvalue weighted by Gasteiger charge is 2.31. The van der Waals surface area contributed by atoms with Crippen molar-refractivity contribution < 1.29 is 17.9 Å². The molecular weight excluding hydrogens is 255 g/mol. The Balaban J connectivity index is 2.50. The molecule has 5 heteroatoms. The highest BCUT2D eigenvalue weighted by Crippen LogP contribution is 2.34. The SMILES string of the molecule is COc1ccc(C(N)CC(F)(F)F)c2ccccc12. The van der Waals surface area contributed by atoms with E-state index in [-0.39, 0.29) is 0 Å². The number of benzene rings is 2. The summed E-state index contributed by atoms with van der Waals surface area (Å²) < 4.78 is 42.5. The minimum atomic E-state index is -4.28. The maximum Gasteiger partial charge on any atom is 0.390 e. The summed E-state index contributed by atoms with van der Waals surface area (Å²) in [5.41, 5.74) is 6.16. The molecular formula is C14H14F3NO. The van der Waals surface area contributed by atoms with Crippen LogP contribution in [0.5, 0.6) is 5.75 Å². The molecule has 0 spiro atoms. The van der Waals surface area contributed by atoms with Gasteiger partial charge in [-0.05, 0) is 17.0 Å². The Morgan fingerprint density at radius 2 is 1.74 bits per heavy atom. The van der Waals surface area contributed by atoms with Crippen molar-refractivity contribution in [3.8, 4) is 5.75 Å². The number of hydrogen-bond acceptors (Lipinski definition) is 2. The van der Waals surface area contributed by atoms with E-state index in [0.717, 1.165) is 5.39 Å². The number of halogens is 3. The molecule has 2 aromatic carbocycles. The van der Waals surface area contributed by atoms with E-state index in [1.807, 2.05) is 6.07 Å². The number of rotatable bonds is 3. The molecule has 0 radical (unpaired) electrons. The predicted octanol–water partition coefficient (Wildman–Crippen LogP) is 3.80. The number of fused-ring (bicyclic) bond motifs is 1. The van der Waals surface area contributed by atoms with Gasteiger partial charge in [-0.2, -0.15) is 13.2 Å². The van der Waals surface area contributed by atoms with Crippen molar-refractivity contribution in [2.24, 2.45) is 5.73 Å². The van der Waals surface area contributed by atoms with Crippen LogP contribution in [0.1, 0.15) is 18.0 Å². The van der Waals surface area contributed by atoms with Gasteiger partial charge in [-0.3, -0.25) is 0 Å². The fourth-order valence-electron chi connectivity index (χ4n) is 2.16. The van der Waals surface area contributed by atoms with Crippen LogP contribution in [0, 0.1) is 0 Å². The maximum atomic E-state index is 12.4. The summed E-state index contributed by atoms with van der Waals surface area (Å²) in [4.78, 5) is 0. The average molecular weight is 269 g/mol. The summed E-state index contributed by atoms with van der Waals surface area (Å²) in [6.45, 7) is 0. The fraction of sp³-hybridized carbons (Fsp3) is 0.286. The number of nitrogens with two attached hydrogens (primary N) is 1. The van der Waals surface area contributed by atoms with Gasteiger partial charge in [0.1, 0.15) is 5.75 Å². The Morgan fingerprint density at radius 1 is 1.11 bits per heavy atom. The smallest absolute Gasteiger partial charge is 0.390 e. The van der Waals surface area contributed by atoms with E-state index in [2.05, 4.69) is 0 Å². The molecule has 1 unspecified atom stereocenters. The Morgan fingerprint density at radius 3 is 2.32 bits per heavy atom. The molecule has 0 fully saturated rings. The first-order valence-corrected chi connectivity index (χ1v) is 5.80. The first-order chi connectivity index (χ1) is 8.92. The van der Waals surface area contributed by atoms with E-state index in [0.29, 0.717) is 16.7 Å². The van der Waals surface area contributed by atoms with Gasteiger partial charge in [0.25, 0.3) is 0 Å². The van der Waals surface area contributed by atoms with E-state index < -0.39 is 18.6 Å². The first kappa shape index (κ1) is 13.7. The van der Waals surface area contributed by atoms with Crippen LogP contribution in [0.2, 0.25) is 0 Å². The summed E-state index contributed by atoms with van der Waals surface area (Å²) in [6.07, 6.45) is -5.32. The van der Waals surface area contributed by atoms with Crippen LogP contribution in [0.4, 0.5) is 13.2 Å². The zero-order valence-corrected chi connectivity index (χ0v) is 10.4. The third-order valence-electron chi connectivity index (χ3n) is 2.99. The lowest BCUT2D eigenvalue weighted by atomic mass is 9.96. The lowest BCUT2D eigenvalue weighted by Gasteiger charge is -2.17. The summed E-state index contributed by atoms with van der Waals surface area (Å²) in [5, 5.41) is 1.46. The lowest BCUT2D eigenvalue weighted by Crippen LogP contribution is -2.20. The molecule has 19 heavy (non-hydrogen) atoms. The molecule has 0 saturated heterocycles. The van der Waals surface area contributed by atoms with Gasteiger partial charge in [0, 0.05) is 11.4 Å². The molecule has 102 valence electrons. The van der Waals surface area contributed by atoms with Crippen LogP contribution >= 0.6 is 0 Å². The van der Waals surface area contributed by atoms with Crippen LogP contribution in [-0.2, 0) is 0 Å². The molecule has 0 amide bonds. The Labute approximate surface area is 109 Å². The van der Waals surface area contributed by atoms with E-state index >= 15 is 0 Å². The quantitative estimate of drug-likeness (QED) is 0.919. The van der Waals surface area contributed by atoms with E-state index in [9.17, 15) is 13.2 Å². The molecule has 0 bridgehead atoms. The normalized spacial score (nSPS) is 13.5. The zero-order valence-electron chi connectivity index (χ0n) is 10.4. The summed E-state index contributed by atoms with van der Waals surface area (Å²) in [6, 6.07) is 9.30. The first-order valence-electron chi connectivity index (χ1n) is 5.80. The Bertz CT molecular complexity index is 580. The van der Waals surface area contributed by atoms with Gasteiger partial charge in [-0.15, -0.1) is 0 Å². The van der Waals surface area contributed by atoms with Crippen molar-refractivity contribution in [2.45, 2.75) is 18.6 Å². The van der Waals surface area contributed by atoms with E-state index in [4.69, 9.17) is 10.5 Å². The van der Waals surface area contributed by atoms with Crippen molar-refractivity contribution >= 4 is 10.8 Å². The van der Waals surface area contributed by atoms with Gasteiger partial charge in [0.05, 0.1) is 13.5 Å². The maximum absolute atomic E-state index is 12.4. The van der Waals surface area contributed by atoms with Crippen molar-refractivity contribution in [3.63, 3.8) is 0 Å². The zero-order chi connectivity index (χ0) is 14.0. The van der Waals surface area contributed by atoms with Gasteiger partial charge in [-0.1, -0.05) is 30.3 Å². The third kappa shape index (κ3) is 2.98. The molecule has 2 rings (SSSR count). The predicted molar refractivity (Wildman–Crippen MR) is 68.1 cm³/mol. The molecule has 0 aliphatic carbocycles. The van der Waals surface area contributed by atoms with Crippen molar-refractivity contribution in [2.75, 3.05) is 7.11 Å². The molecule has 2 nitrogen and oxygen atoms in total. The second-order valence-electron chi connectivity index (χ2n) is 4.33. The molecule has 2 N–H and O–H groups in total. The van der Waals surface area contributed by atoms with Gasteiger partial charge < -0.3 is 10.5 Å². The van der Waals surface area contributed by atoms with Crippen molar-refractivity contribution in [3.05, 3.63) is 42.0 Å². The highest BCUT2D eigenvalue weighted by atomic mass is 19.4. The minimum Gasteiger partial charge on any atom is -0.496 e. The Kier molecular flexibility index (Phi) is 3.66. The van der Waals surface area contributed by atoms with Crippen LogP contribution in [0.25, 0.3) is 10.8 Å². The lowest BCUT2D eigenvalue weighted by molar-refractivity contribution is -0.138. The minimum absolute atomic E-state index is 0.480. The van der Waals surface area contributed by atoms with E-state index in [1.165, 1.54) is 7.11 Å². The molecule has 0 saturated carbocycles. The molecule has 2 aromatic rings. The van der Waals surface area contributed by atoms with Gasteiger partial charge in [-0.25, -0.2) is 0 Å². The van der Waals surface area contributed by atoms with E-state index in [1.54, 1.807) is 30.3 Å². The topological polar surface area (TPSA) is 35.2 Å². The average Bonchev–Trinajstić information content (AvgIpc) is 2.35. The number of methoxy groups -OCH3 is 1. The molecule has 0 aliphatic rings. The van der Waals surface area contributed by atoms with Crippen LogP contribution in [0.3, 0.4) is 0 Å². The summed E-state index contributed by atoms with van der Waals surface area (Å²) in [5.74, 6) is 0.624. The standard InChI is InChI=1S/C14H14F3NO/c1-19-13-7-6-10(12(18)8-14(15,16)17)9-4-2-3-5-11(9)13/h2-7,12H,8,18H2,1H3. The Hall–Kier alpha value is -1.75. The van der Waals surface area contributed by atoms with Crippen LogP contribution in [-0.4, -0.2) is 13.3 Å². The second-order valence-corrected chi connectivity index (χ2v) is 4.33. The molecule has 0 aliphatic heterocycles. The third-order valence-corrected chi connectivity index (χ3v) is 2.99. The molecule has 1 atom stereocenters. The van der Waals surface area contributed by atoms with Gasteiger partial charge in [0.15, 0.2) is 0 Å². The van der Waals surface area contributed by atoms with Crippen molar-refractivity contribution in [1.82, 2.24) is 0 Å². The van der Waals surface area contributed by atoms with Crippen LogP contribution < -0.4 is 10.5 Å². The number of alkyl halides is 3. The number of hydrogen-bond donors (Lipinski definition) is 1. The number of ether oxygens (including phenoxy) is 1. The van der Waals surface area contributed by atoms with Crippen molar-refractivity contribution in [1.29, 1.82) is 0 Å². The second kappa shape index (κ2) is 5.09. The molecule has 0 heterocycles. The largest absolute Gasteiger partial charge is 0.496 e. The summed E-state index contributed by atoms with van der Waals surface area (Å²) >= 11 is 0. The fourth-order valence-corrected chi connectivity index (χ4v) is 2.16.